The van der Waals surface area contributed by atoms with Crippen molar-refractivity contribution in [2.75, 3.05) is 33.4 Å². The number of rotatable bonds is 4. The molecule has 0 unspecified atom stereocenters. The Kier molecular flexibility index (Phi) is 90.1. The van der Waals surface area contributed by atoms with Crippen LogP contribution >= 0.6 is 0 Å². The van der Waals surface area contributed by atoms with Gasteiger partial charge in [0.15, 0.2) is 0 Å². The molecule has 0 aromatic rings. The van der Waals surface area contributed by atoms with Crippen molar-refractivity contribution in [2.45, 2.75) is 0 Å². The van der Waals surface area contributed by atoms with Gasteiger partial charge in [0.25, 0.3) is 0 Å². The maximum Gasteiger partial charge on any atom is 0.0558 e. The quantitative estimate of drug-likeness (QED) is 0.636. The summed E-state index contributed by atoms with van der Waals surface area (Å²) in [4.78, 5) is 1.86. The molecular weight excluding hydrogens is 201 g/mol. The van der Waals surface area contributed by atoms with Gasteiger partial charge in [-0.3, -0.25) is 23.5 Å². The molecule has 0 saturated carbocycles. The van der Waals surface area contributed by atoms with E-state index in [1.165, 1.54) is 0 Å². The predicted molar refractivity (Wildman–Crippen MR) is 44.2 cm³/mol. The van der Waals surface area contributed by atoms with Gasteiger partial charge in [0.1, 0.15) is 0 Å². The van der Waals surface area contributed by atoms with Crippen molar-refractivity contribution in [3.8, 4) is 0 Å². The molecule has 2 N–H and O–H groups in total. The van der Waals surface area contributed by atoms with E-state index in [0.29, 0.717) is 13.1 Å². The van der Waals surface area contributed by atoms with Crippen LogP contribution < -0.4 is 0 Å². The number of hydrogen-bond acceptors (Lipinski definition) is 3. The molecule has 0 amide bonds. The lowest BCUT2D eigenvalue weighted by Crippen LogP contribution is -2.25. The van der Waals surface area contributed by atoms with E-state index in [-0.39, 0.29) is 36.7 Å². The van der Waals surface area contributed by atoms with E-state index in [4.69, 9.17) is 10.2 Å². The first kappa shape index (κ1) is 39.1. The molecule has 8 heteroatoms. The van der Waals surface area contributed by atoms with Gasteiger partial charge in [0.05, 0.1) is 13.2 Å². The fourth-order valence-corrected chi connectivity index (χ4v) is 0.453. The molecule has 0 atom stereocenters. The monoisotopic (exact) mass is 219 g/mol. The molecule has 0 heterocycles. The van der Waals surface area contributed by atoms with Crippen LogP contribution in [-0.4, -0.2) is 48.5 Å². The van der Waals surface area contributed by atoms with Gasteiger partial charge in [-0.15, -0.1) is 0 Å². The largest absolute Gasteiger partial charge is 0.395 e. The first-order valence-corrected chi connectivity index (χ1v) is 2.71. The van der Waals surface area contributed by atoms with Crippen LogP contribution in [0.2, 0.25) is 0 Å². The van der Waals surface area contributed by atoms with E-state index in [1.807, 2.05) is 11.9 Å². The Hall–Kier alpha value is -0.470. The van der Waals surface area contributed by atoms with Crippen molar-refractivity contribution in [3.05, 3.63) is 0 Å². The van der Waals surface area contributed by atoms with E-state index in [1.54, 1.807) is 0 Å². The fourth-order valence-electron chi connectivity index (χ4n) is 0.453. The molecule has 0 aromatic heterocycles. The summed E-state index contributed by atoms with van der Waals surface area (Å²) in [6.07, 6.45) is 0. The minimum atomic E-state index is 0. The Morgan fingerprint density at radius 2 is 1.00 bits per heavy atom. The molecule has 0 aliphatic rings. The van der Waals surface area contributed by atoms with Crippen LogP contribution in [0.15, 0.2) is 0 Å². The molecule has 0 aliphatic carbocycles. The van der Waals surface area contributed by atoms with Gasteiger partial charge in [0.2, 0.25) is 0 Å². The highest BCUT2D eigenvalue weighted by molar-refractivity contribution is 4.45. The fraction of sp³-hybridized carbons (Fsp3) is 1.00. The Morgan fingerprint density at radius 3 is 1.15 bits per heavy atom. The van der Waals surface area contributed by atoms with Crippen LogP contribution in [0.3, 0.4) is 0 Å². The molecule has 90 valence electrons. The van der Waals surface area contributed by atoms with Gasteiger partial charge in [0, 0.05) is 13.1 Å². The first-order chi connectivity index (χ1) is 3.81. The lowest BCUT2D eigenvalue weighted by atomic mass is 10.5. The summed E-state index contributed by atoms with van der Waals surface area (Å²) in [5, 5.41) is 16.7. The first-order valence-electron chi connectivity index (χ1n) is 2.71. The van der Waals surface area contributed by atoms with E-state index in [0.717, 1.165) is 0 Å². The van der Waals surface area contributed by atoms with Crippen LogP contribution in [0.4, 0.5) is 23.5 Å². The minimum Gasteiger partial charge on any atom is -0.395 e. The summed E-state index contributed by atoms with van der Waals surface area (Å²) in [7, 11) is 1.85. The Bertz CT molecular complexity index is 56.2. The molecule has 0 aromatic carbocycles. The summed E-state index contributed by atoms with van der Waals surface area (Å²) in [5.74, 6) is 0. The van der Waals surface area contributed by atoms with Crippen molar-refractivity contribution in [3.63, 3.8) is 0 Å². The number of halogens is 5. The molecular formula is C5H18F5NO2. The minimum absolute atomic E-state index is 0. The predicted octanol–water partition coefficient (Wildman–Crippen LogP) is -0.335. The normalized spacial score (nSPS) is 6.46. The molecule has 0 rings (SSSR count). The topological polar surface area (TPSA) is 43.7 Å². The van der Waals surface area contributed by atoms with Crippen molar-refractivity contribution < 1.29 is 33.7 Å². The highest BCUT2D eigenvalue weighted by atomic mass is 19.0. The lowest BCUT2D eigenvalue weighted by Gasteiger charge is -2.11. The molecule has 0 radical (unpaired) electrons. The Morgan fingerprint density at radius 1 is 0.769 bits per heavy atom. The van der Waals surface area contributed by atoms with Crippen molar-refractivity contribution in [2.24, 2.45) is 0 Å². The SMILES string of the molecule is CN(CCO)CCO.F.F.F.F.F. The summed E-state index contributed by atoms with van der Waals surface area (Å²) in [5.41, 5.74) is 0. The lowest BCUT2D eigenvalue weighted by molar-refractivity contribution is 0.184. The number of aliphatic hydroxyl groups excluding tert-OH is 2. The second-order valence-corrected chi connectivity index (χ2v) is 1.75. The smallest absolute Gasteiger partial charge is 0.0558 e. The zero-order valence-electron chi connectivity index (χ0n) is 7.21. The van der Waals surface area contributed by atoms with Crippen LogP contribution in [0.5, 0.6) is 0 Å². The average Bonchev–Trinajstić information content (AvgIpc) is 1.68. The van der Waals surface area contributed by atoms with E-state index >= 15 is 0 Å². The highest BCUT2D eigenvalue weighted by Gasteiger charge is 1.91. The van der Waals surface area contributed by atoms with E-state index in [2.05, 4.69) is 0 Å². The second-order valence-electron chi connectivity index (χ2n) is 1.75. The zero-order chi connectivity index (χ0) is 6.41. The molecule has 0 fully saturated rings. The third-order valence-electron chi connectivity index (χ3n) is 0.963. The second kappa shape index (κ2) is 30.0. The summed E-state index contributed by atoms with van der Waals surface area (Å²) >= 11 is 0. The number of hydrogen-bond donors (Lipinski definition) is 2. The van der Waals surface area contributed by atoms with E-state index in [9.17, 15) is 0 Å². The van der Waals surface area contributed by atoms with Gasteiger partial charge in [-0.05, 0) is 7.05 Å². The number of aliphatic hydroxyl groups is 2. The summed E-state index contributed by atoms with van der Waals surface area (Å²) in [6, 6.07) is 0. The Labute approximate surface area is 73.2 Å². The van der Waals surface area contributed by atoms with Crippen molar-refractivity contribution in [1.82, 2.24) is 4.90 Å². The van der Waals surface area contributed by atoms with Gasteiger partial charge >= 0.3 is 0 Å². The van der Waals surface area contributed by atoms with E-state index < -0.39 is 0 Å². The number of nitrogens with zero attached hydrogens (tertiary/aromatic N) is 1. The number of likely N-dealkylation sites (N-methyl/N-ethyl adjacent to an activating group) is 1. The van der Waals surface area contributed by atoms with Gasteiger partial charge < -0.3 is 15.1 Å². The van der Waals surface area contributed by atoms with Crippen LogP contribution in [0.1, 0.15) is 0 Å². The summed E-state index contributed by atoms with van der Waals surface area (Å²) < 4.78 is 0. The molecule has 13 heavy (non-hydrogen) atoms. The zero-order valence-corrected chi connectivity index (χ0v) is 7.21. The van der Waals surface area contributed by atoms with Gasteiger partial charge in [-0.1, -0.05) is 0 Å². The van der Waals surface area contributed by atoms with Crippen molar-refractivity contribution >= 4 is 0 Å². The molecule has 0 bridgehead atoms. The van der Waals surface area contributed by atoms with Crippen LogP contribution in [0.25, 0.3) is 0 Å². The highest BCUT2D eigenvalue weighted by Crippen LogP contribution is 1.76. The van der Waals surface area contributed by atoms with Crippen LogP contribution in [-0.2, 0) is 0 Å². The third-order valence-corrected chi connectivity index (χ3v) is 0.963. The molecule has 0 aliphatic heterocycles. The van der Waals surface area contributed by atoms with Gasteiger partial charge in [-0.25, -0.2) is 0 Å². The molecule has 3 nitrogen and oxygen atoms in total. The third kappa shape index (κ3) is 34.2. The Balaban J connectivity index is -0.0000000245. The standard InChI is InChI=1S/C5H13NO2.5FH/c1-6(2-4-7)3-5-8;;;;;/h7-8H,2-5H2,1H3;5*1H. The summed E-state index contributed by atoms with van der Waals surface area (Å²) in [6.45, 7) is 1.61. The average molecular weight is 219 g/mol. The van der Waals surface area contributed by atoms with Gasteiger partial charge in [-0.2, -0.15) is 0 Å². The molecule has 0 saturated heterocycles. The maximum absolute atomic E-state index is 8.34. The van der Waals surface area contributed by atoms with Crippen LogP contribution in [0, 0.1) is 0 Å². The maximum atomic E-state index is 8.34. The van der Waals surface area contributed by atoms with Crippen molar-refractivity contribution in [1.29, 1.82) is 0 Å². The molecule has 0 spiro atoms.